The molecule has 3 rings (SSSR count). The molecule has 0 fully saturated rings. The van der Waals surface area contributed by atoms with E-state index in [2.05, 4.69) is 197 Å². The summed E-state index contributed by atoms with van der Waals surface area (Å²) in [5.74, 6) is 0. The van der Waals surface area contributed by atoms with Crippen LogP contribution in [0, 0.1) is 0 Å². The van der Waals surface area contributed by atoms with E-state index < -0.39 is 14.7 Å². The first-order valence-corrected chi connectivity index (χ1v) is 24.0. The van der Waals surface area contributed by atoms with Crippen molar-refractivity contribution in [1.82, 2.24) is 0 Å². The third-order valence-corrected chi connectivity index (χ3v) is 23.5. The summed E-state index contributed by atoms with van der Waals surface area (Å²) in [5, 5.41) is 6.04. The van der Waals surface area contributed by atoms with E-state index in [0.717, 1.165) is 0 Å². The van der Waals surface area contributed by atoms with Crippen molar-refractivity contribution in [2.24, 2.45) is 0 Å². The van der Waals surface area contributed by atoms with Gasteiger partial charge < -0.3 is 0 Å². The number of hydrogen-bond donors (Lipinski definition) is 0. The second-order valence-corrected chi connectivity index (χ2v) is 35.2. The van der Waals surface area contributed by atoms with Gasteiger partial charge in [-0.05, 0) is 0 Å². The molecule has 0 radical (unpaired) electrons. The molecule has 0 unspecified atom stereocenters. The van der Waals surface area contributed by atoms with Gasteiger partial charge >= 0.3 is 296 Å². The first-order valence-electron chi connectivity index (χ1n) is 17.1. The topological polar surface area (TPSA) is 0 Å². The first-order chi connectivity index (χ1) is 20.6. The molecule has 254 valence electrons. The van der Waals surface area contributed by atoms with Crippen LogP contribution in [0.25, 0.3) is 0 Å². The minimum atomic E-state index is -1.91. The molecule has 0 bridgehead atoms. The molecule has 0 saturated carbocycles. The van der Waals surface area contributed by atoms with E-state index in [1.165, 1.54) is 0 Å². The molecule has 3 aromatic rings. The molecular formula is C42H66AsP3. The van der Waals surface area contributed by atoms with Crippen LogP contribution in [-0.4, -0.2) is 45.6 Å². The SMILES string of the molecule is CC(C)(C)P(c1cccc([As](c2cccc(P(C(C)(C)C)C(C)(C)C)c2)c2cccc(P(C(C)(C)C)C(C)(C)C)c2)c1)C(C)(C)C. The Morgan fingerprint density at radius 3 is 0.696 bits per heavy atom. The maximum absolute atomic E-state index is 2.65. The summed E-state index contributed by atoms with van der Waals surface area (Å²) in [6.45, 7) is 44.0. The molecule has 3 aromatic carbocycles. The van der Waals surface area contributed by atoms with Gasteiger partial charge in [-0.1, -0.05) is 0 Å². The summed E-state index contributed by atoms with van der Waals surface area (Å²) >= 11 is -1.91. The Bertz CT molecular complexity index is 1240. The maximum atomic E-state index is 2.65. The van der Waals surface area contributed by atoms with Crippen LogP contribution >= 0.6 is 23.8 Å². The van der Waals surface area contributed by atoms with Crippen molar-refractivity contribution in [3.05, 3.63) is 72.8 Å². The number of rotatable bonds is 6. The average molecular weight is 739 g/mol. The van der Waals surface area contributed by atoms with Crippen molar-refractivity contribution in [2.45, 2.75) is 156 Å². The van der Waals surface area contributed by atoms with Crippen molar-refractivity contribution in [3.63, 3.8) is 0 Å². The molecule has 0 aromatic heterocycles. The van der Waals surface area contributed by atoms with Gasteiger partial charge in [0.2, 0.25) is 0 Å². The Morgan fingerprint density at radius 1 is 0.326 bits per heavy atom. The zero-order chi connectivity index (χ0) is 35.3. The summed E-state index contributed by atoms with van der Waals surface area (Å²) in [4.78, 5) is 0. The fourth-order valence-electron chi connectivity index (χ4n) is 8.10. The fourth-order valence-corrected chi connectivity index (χ4v) is 26.0. The second-order valence-electron chi connectivity index (χ2n) is 18.9. The molecular weight excluding hydrogens is 672 g/mol. The van der Waals surface area contributed by atoms with Crippen LogP contribution in [0.1, 0.15) is 125 Å². The summed E-state index contributed by atoms with van der Waals surface area (Å²) < 4.78 is 4.69. The molecule has 0 heterocycles. The summed E-state index contributed by atoms with van der Waals surface area (Å²) in [5.41, 5.74) is 0. The van der Waals surface area contributed by atoms with Crippen molar-refractivity contribution in [3.8, 4) is 0 Å². The van der Waals surface area contributed by atoms with Crippen molar-refractivity contribution < 1.29 is 0 Å². The molecule has 0 saturated heterocycles. The predicted molar refractivity (Wildman–Crippen MR) is 222 cm³/mol. The Balaban J connectivity index is 2.38. The van der Waals surface area contributed by atoms with E-state index >= 15 is 0 Å². The van der Waals surface area contributed by atoms with Gasteiger partial charge in [-0.2, -0.15) is 0 Å². The van der Waals surface area contributed by atoms with E-state index in [1.807, 2.05) is 0 Å². The van der Waals surface area contributed by atoms with Crippen LogP contribution in [0.4, 0.5) is 0 Å². The van der Waals surface area contributed by atoms with E-state index in [1.54, 1.807) is 29.0 Å². The molecule has 46 heavy (non-hydrogen) atoms. The van der Waals surface area contributed by atoms with Crippen molar-refractivity contribution >= 4 is 67.4 Å². The van der Waals surface area contributed by atoms with Crippen LogP contribution in [0.3, 0.4) is 0 Å². The van der Waals surface area contributed by atoms with Gasteiger partial charge in [0.15, 0.2) is 0 Å². The molecule has 0 nitrogen and oxygen atoms in total. The van der Waals surface area contributed by atoms with Gasteiger partial charge in [-0.3, -0.25) is 0 Å². The molecule has 0 aliphatic heterocycles. The molecule has 0 amide bonds. The van der Waals surface area contributed by atoms with Crippen LogP contribution in [-0.2, 0) is 0 Å². The monoisotopic (exact) mass is 738 g/mol. The van der Waals surface area contributed by atoms with E-state index in [4.69, 9.17) is 0 Å². The number of hydrogen-bond acceptors (Lipinski definition) is 0. The zero-order valence-electron chi connectivity index (χ0n) is 32.7. The summed E-state index contributed by atoms with van der Waals surface area (Å²) in [7, 11) is -1.15. The van der Waals surface area contributed by atoms with E-state index in [0.29, 0.717) is 0 Å². The Labute approximate surface area is 294 Å². The first kappa shape index (κ1) is 39.9. The van der Waals surface area contributed by atoms with Crippen molar-refractivity contribution in [1.29, 1.82) is 0 Å². The van der Waals surface area contributed by atoms with Gasteiger partial charge in [0.1, 0.15) is 0 Å². The molecule has 0 atom stereocenters. The van der Waals surface area contributed by atoms with Gasteiger partial charge in [-0.25, -0.2) is 0 Å². The molecule has 0 aliphatic carbocycles. The quantitative estimate of drug-likeness (QED) is 0.175. The number of benzene rings is 3. The Hall–Kier alpha value is -0.492. The van der Waals surface area contributed by atoms with Gasteiger partial charge in [0.25, 0.3) is 0 Å². The summed E-state index contributed by atoms with van der Waals surface area (Å²) in [6, 6.07) is 29.8. The second kappa shape index (κ2) is 14.0. The fraction of sp³-hybridized carbons (Fsp3) is 0.571. The molecule has 0 N–H and O–H groups in total. The third kappa shape index (κ3) is 9.81. The molecule has 0 spiro atoms. The normalized spacial score (nSPS) is 14.2. The van der Waals surface area contributed by atoms with Crippen LogP contribution < -0.4 is 29.0 Å². The minimum absolute atomic E-state index is 0.231. The van der Waals surface area contributed by atoms with E-state index in [9.17, 15) is 0 Å². The third-order valence-electron chi connectivity index (χ3n) is 8.06. The van der Waals surface area contributed by atoms with Crippen molar-refractivity contribution in [2.75, 3.05) is 0 Å². The molecule has 0 aliphatic rings. The molecule has 4 heteroatoms. The predicted octanol–water partition coefficient (Wildman–Crippen LogP) is 10.3. The zero-order valence-corrected chi connectivity index (χ0v) is 37.3. The Kier molecular flexibility index (Phi) is 12.2. The average Bonchev–Trinajstić information content (AvgIpc) is 2.79. The standard InChI is InChI=1S/C42H66AsP3/c1-37(2,3)44(38(4,5)6)34-25-19-22-31(28-34)43(32-23-20-26-35(29-32)45(39(7,8)9)40(10,11)12)33-24-21-27-36(30-33)46(41(13,14)15)42(16,17)18/h19-30H,1-18H3. The van der Waals surface area contributed by atoms with E-state index in [-0.39, 0.29) is 54.7 Å². The van der Waals surface area contributed by atoms with Crippen LogP contribution in [0.5, 0.6) is 0 Å². The van der Waals surface area contributed by atoms with Crippen LogP contribution in [0.2, 0.25) is 0 Å². The van der Waals surface area contributed by atoms with Gasteiger partial charge in [-0.15, -0.1) is 0 Å². The summed E-state index contributed by atoms with van der Waals surface area (Å²) in [6.07, 6.45) is 0. The van der Waals surface area contributed by atoms with Crippen LogP contribution in [0.15, 0.2) is 72.8 Å². The van der Waals surface area contributed by atoms with Gasteiger partial charge in [0.05, 0.1) is 0 Å². The van der Waals surface area contributed by atoms with Gasteiger partial charge in [0, 0.05) is 0 Å². The Morgan fingerprint density at radius 2 is 0.522 bits per heavy atom.